The molecule has 2 amide bonds. The van der Waals surface area contributed by atoms with Crippen molar-refractivity contribution in [3.8, 4) is 0 Å². The number of para-hydroxylation sites is 1. The highest BCUT2D eigenvalue weighted by molar-refractivity contribution is 6.04. The largest absolute Gasteiger partial charge is 0.352 e. The second-order valence-corrected chi connectivity index (χ2v) is 5.29. The van der Waals surface area contributed by atoms with Crippen LogP contribution in [0.5, 0.6) is 0 Å². The van der Waals surface area contributed by atoms with E-state index in [0.29, 0.717) is 17.8 Å². The Morgan fingerprint density at radius 3 is 2.81 bits per heavy atom. The van der Waals surface area contributed by atoms with E-state index in [0.717, 1.165) is 32.2 Å². The van der Waals surface area contributed by atoms with Crippen LogP contribution in [0.4, 0.5) is 5.69 Å². The maximum Gasteiger partial charge on any atom is 0.253 e. The van der Waals surface area contributed by atoms with E-state index in [1.165, 1.54) is 0 Å². The Hall–Kier alpha value is -1.88. The van der Waals surface area contributed by atoms with Gasteiger partial charge >= 0.3 is 0 Å². The van der Waals surface area contributed by atoms with Crippen molar-refractivity contribution in [2.45, 2.75) is 38.6 Å². The normalized spacial score (nSPS) is 18.0. The second-order valence-electron chi connectivity index (χ2n) is 5.29. The van der Waals surface area contributed by atoms with Gasteiger partial charge in [-0.15, -0.1) is 0 Å². The predicted octanol–water partition coefficient (Wildman–Crippen LogP) is 1.91. The van der Waals surface area contributed by atoms with Crippen molar-refractivity contribution in [2.75, 3.05) is 18.4 Å². The molecule has 5 nitrogen and oxygen atoms in total. The first-order chi connectivity index (χ1) is 10.2. The van der Waals surface area contributed by atoms with Gasteiger partial charge in [-0.3, -0.25) is 9.59 Å². The van der Waals surface area contributed by atoms with Gasteiger partial charge in [-0.05, 0) is 37.9 Å². The molecular formula is C16H23N3O2. The van der Waals surface area contributed by atoms with Crippen LogP contribution in [0.25, 0.3) is 0 Å². The molecule has 3 N–H and O–H groups in total. The third kappa shape index (κ3) is 4.29. The average Bonchev–Trinajstić information content (AvgIpc) is 2.54. The van der Waals surface area contributed by atoms with E-state index >= 15 is 0 Å². The highest BCUT2D eigenvalue weighted by Crippen LogP contribution is 2.16. The van der Waals surface area contributed by atoms with Crippen LogP contribution >= 0.6 is 0 Å². The lowest BCUT2D eigenvalue weighted by molar-refractivity contribution is -0.118. The molecule has 1 saturated heterocycles. The summed E-state index contributed by atoms with van der Waals surface area (Å²) in [6.45, 7) is 3.50. The molecule has 0 aliphatic carbocycles. The number of rotatable bonds is 5. The lowest BCUT2D eigenvalue weighted by atomic mass is 10.0. The quantitative estimate of drug-likeness (QED) is 0.775. The number of carbonyl (C=O) groups excluding carboxylic acids is 2. The molecule has 0 unspecified atom stereocenters. The van der Waals surface area contributed by atoms with Crippen molar-refractivity contribution < 1.29 is 9.59 Å². The fourth-order valence-corrected chi connectivity index (χ4v) is 2.42. The maximum atomic E-state index is 12.3. The van der Waals surface area contributed by atoms with Crippen LogP contribution in [-0.2, 0) is 4.79 Å². The van der Waals surface area contributed by atoms with Gasteiger partial charge in [-0.1, -0.05) is 25.5 Å². The number of nitrogens with one attached hydrogen (secondary N) is 3. The van der Waals surface area contributed by atoms with Crippen molar-refractivity contribution in [3.05, 3.63) is 29.8 Å². The maximum absolute atomic E-state index is 12.3. The molecule has 0 saturated carbocycles. The molecular weight excluding hydrogens is 266 g/mol. The van der Waals surface area contributed by atoms with Crippen LogP contribution in [0.3, 0.4) is 0 Å². The van der Waals surface area contributed by atoms with Crippen LogP contribution < -0.4 is 16.0 Å². The molecule has 1 heterocycles. The summed E-state index contributed by atoms with van der Waals surface area (Å²) in [5, 5.41) is 8.92. The van der Waals surface area contributed by atoms with Gasteiger partial charge in [0.05, 0.1) is 17.3 Å². The average molecular weight is 289 g/mol. The standard InChI is InChI=1S/C16H23N3O2/c1-2-10-18-15(20)12-7-3-4-8-13(12)19-16(21)14-9-5-6-11-17-14/h3-4,7-8,14,17H,2,5-6,9-11H2,1H3,(H,18,20)(H,19,21)/t14-/m1/s1. The van der Waals surface area contributed by atoms with Gasteiger partial charge in [0, 0.05) is 6.54 Å². The molecule has 0 spiro atoms. The topological polar surface area (TPSA) is 70.2 Å². The molecule has 1 fully saturated rings. The van der Waals surface area contributed by atoms with Crippen LogP contribution in [0, 0.1) is 0 Å². The first-order valence-electron chi connectivity index (χ1n) is 7.64. The molecule has 1 aliphatic heterocycles. The summed E-state index contributed by atoms with van der Waals surface area (Å²) in [4.78, 5) is 24.4. The van der Waals surface area contributed by atoms with Gasteiger partial charge in [-0.2, -0.15) is 0 Å². The molecule has 1 aromatic rings. The Morgan fingerprint density at radius 1 is 1.29 bits per heavy atom. The first-order valence-corrected chi connectivity index (χ1v) is 7.64. The second kappa shape index (κ2) is 7.78. The lowest BCUT2D eigenvalue weighted by Crippen LogP contribution is -2.43. The minimum absolute atomic E-state index is 0.0644. The molecule has 21 heavy (non-hydrogen) atoms. The van der Waals surface area contributed by atoms with E-state index < -0.39 is 0 Å². The predicted molar refractivity (Wildman–Crippen MR) is 83.3 cm³/mol. The molecule has 0 aromatic heterocycles. The van der Waals surface area contributed by atoms with Crippen molar-refractivity contribution in [1.82, 2.24) is 10.6 Å². The van der Waals surface area contributed by atoms with E-state index in [4.69, 9.17) is 0 Å². The fraction of sp³-hybridized carbons (Fsp3) is 0.500. The van der Waals surface area contributed by atoms with E-state index in [1.807, 2.05) is 13.0 Å². The molecule has 0 radical (unpaired) electrons. The zero-order valence-electron chi connectivity index (χ0n) is 12.4. The molecule has 1 atom stereocenters. The molecule has 5 heteroatoms. The van der Waals surface area contributed by atoms with E-state index in [9.17, 15) is 9.59 Å². The summed E-state index contributed by atoms with van der Waals surface area (Å²) in [5.74, 6) is -0.213. The Bertz CT molecular complexity index is 496. The minimum Gasteiger partial charge on any atom is -0.352 e. The minimum atomic E-state index is -0.162. The fourth-order valence-electron chi connectivity index (χ4n) is 2.42. The molecule has 0 bridgehead atoms. The highest BCUT2D eigenvalue weighted by Gasteiger charge is 2.21. The molecule has 1 aliphatic rings. The van der Waals surface area contributed by atoms with Gasteiger partial charge in [0.1, 0.15) is 0 Å². The Morgan fingerprint density at radius 2 is 2.10 bits per heavy atom. The van der Waals surface area contributed by atoms with Crippen molar-refractivity contribution in [2.24, 2.45) is 0 Å². The zero-order chi connectivity index (χ0) is 15.1. The summed E-state index contributed by atoms with van der Waals surface area (Å²) >= 11 is 0. The van der Waals surface area contributed by atoms with Crippen molar-refractivity contribution >= 4 is 17.5 Å². The van der Waals surface area contributed by atoms with Gasteiger partial charge in [-0.25, -0.2) is 0 Å². The summed E-state index contributed by atoms with van der Waals surface area (Å²) in [5.41, 5.74) is 1.08. The number of anilines is 1. The summed E-state index contributed by atoms with van der Waals surface area (Å²) in [6, 6.07) is 6.96. The van der Waals surface area contributed by atoms with Crippen LogP contribution in [0.2, 0.25) is 0 Å². The Balaban J connectivity index is 2.05. The number of piperidine rings is 1. The van der Waals surface area contributed by atoms with Gasteiger partial charge in [0.15, 0.2) is 0 Å². The van der Waals surface area contributed by atoms with E-state index in [-0.39, 0.29) is 17.9 Å². The Labute approximate surface area is 125 Å². The number of benzene rings is 1. The lowest BCUT2D eigenvalue weighted by Gasteiger charge is -2.23. The van der Waals surface area contributed by atoms with Crippen molar-refractivity contribution in [3.63, 3.8) is 0 Å². The highest BCUT2D eigenvalue weighted by atomic mass is 16.2. The van der Waals surface area contributed by atoms with Crippen molar-refractivity contribution in [1.29, 1.82) is 0 Å². The van der Waals surface area contributed by atoms with Gasteiger partial charge < -0.3 is 16.0 Å². The smallest absolute Gasteiger partial charge is 0.253 e. The van der Waals surface area contributed by atoms with Gasteiger partial charge in [0.2, 0.25) is 5.91 Å². The molecule has 114 valence electrons. The monoisotopic (exact) mass is 289 g/mol. The number of carbonyl (C=O) groups is 2. The summed E-state index contributed by atoms with van der Waals surface area (Å²) in [7, 11) is 0. The molecule has 1 aromatic carbocycles. The van der Waals surface area contributed by atoms with Crippen LogP contribution in [0.1, 0.15) is 43.0 Å². The van der Waals surface area contributed by atoms with E-state index in [2.05, 4.69) is 16.0 Å². The molecule has 2 rings (SSSR count). The summed E-state index contributed by atoms with van der Waals surface area (Å²) < 4.78 is 0. The summed E-state index contributed by atoms with van der Waals surface area (Å²) in [6.07, 6.45) is 3.89. The Kier molecular flexibility index (Phi) is 5.75. The number of hydrogen-bond acceptors (Lipinski definition) is 3. The SMILES string of the molecule is CCCNC(=O)c1ccccc1NC(=O)[C@H]1CCCCN1. The third-order valence-electron chi connectivity index (χ3n) is 3.59. The van der Waals surface area contributed by atoms with Crippen LogP contribution in [-0.4, -0.2) is 30.9 Å². The number of hydrogen-bond donors (Lipinski definition) is 3. The number of amides is 2. The van der Waals surface area contributed by atoms with Crippen LogP contribution in [0.15, 0.2) is 24.3 Å². The zero-order valence-corrected chi connectivity index (χ0v) is 12.4. The van der Waals surface area contributed by atoms with Gasteiger partial charge in [0.25, 0.3) is 5.91 Å². The first kappa shape index (κ1) is 15.5. The third-order valence-corrected chi connectivity index (χ3v) is 3.59. The van der Waals surface area contributed by atoms with E-state index in [1.54, 1.807) is 18.2 Å².